The molecule has 8 aromatic carbocycles. The number of aromatic nitrogens is 1. The zero-order chi connectivity index (χ0) is 42.3. The lowest BCUT2D eigenvalue weighted by atomic mass is 9.82. The summed E-state index contributed by atoms with van der Waals surface area (Å²) in [5.74, 6) is 0. The molecule has 0 fully saturated rings. The number of nitrogens with zero attached hydrogens (tertiary/aromatic N) is 2. The molecule has 0 aliphatic heterocycles. The topological polar surface area (TPSA) is 8.17 Å². The van der Waals surface area contributed by atoms with E-state index >= 15 is 0 Å². The molecule has 1 heterocycles. The van der Waals surface area contributed by atoms with Crippen LogP contribution in [0.25, 0.3) is 60.9 Å². The Labute approximate surface area is 363 Å². The average molecular weight is 823 g/mol. The summed E-state index contributed by atoms with van der Waals surface area (Å²) in [6, 6.07) is 68.6. The first kappa shape index (κ1) is 39.0. The maximum Gasteiger partial charge on any atom is 0.0775 e. The van der Waals surface area contributed by atoms with E-state index in [2.05, 4.69) is 245 Å². The van der Waals surface area contributed by atoms with Gasteiger partial charge in [0, 0.05) is 38.9 Å². The second-order valence-electron chi connectivity index (χ2n) is 19.5. The second-order valence-corrected chi connectivity index (χ2v) is 29.7. The lowest BCUT2D eigenvalue weighted by molar-refractivity contribution is 0.660. The lowest BCUT2D eigenvalue weighted by Gasteiger charge is -2.28. The molecule has 300 valence electrons. The van der Waals surface area contributed by atoms with Crippen LogP contribution in [0.1, 0.15) is 25.0 Å². The maximum atomic E-state index is 2.43. The van der Waals surface area contributed by atoms with Crippen molar-refractivity contribution >= 4 is 65.4 Å². The normalized spacial score (nSPS) is 13.4. The third kappa shape index (κ3) is 6.79. The Morgan fingerprint density at radius 3 is 1.49 bits per heavy atom. The Morgan fingerprint density at radius 2 is 0.869 bits per heavy atom. The van der Waals surface area contributed by atoms with E-state index in [0.717, 1.165) is 17.1 Å². The summed E-state index contributed by atoms with van der Waals surface area (Å²) >= 11 is 0. The van der Waals surface area contributed by atoms with Gasteiger partial charge in [-0.3, -0.25) is 0 Å². The van der Waals surface area contributed by atoms with Gasteiger partial charge in [-0.05, 0) is 111 Å². The van der Waals surface area contributed by atoms with Crippen LogP contribution in [0.4, 0.5) is 17.1 Å². The number of hydrogen-bond acceptors (Lipinski definition) is 1. The Kier molecular flexibility index (Phi) is 9.24. The largest absolute Gasteiger partial charge is 0.310 e. The highest BCUT2D eigenvalue weighted by Gasteiger charge is 2.35. The number of rotatable bonds is 8. The quantitative estimate of drug-likeness (QED) is 0.139. The molecule has 0 bridgehead atoms. The molecule has 0 N–H and O–H groups in total. The molecule has 1 aliphatic rings. The molecular weight excluding hydrogens is 769 g/mol. The number of anilines is 3. The van der Waals surface area contributed by atoms with Gasteiger partial charge in [0.05, 0.1) is 27.2 Å². The minimum atomic E-state index is -1.40. The van der Waals surface area contributed by atoms with Crippen LogP contribution in [-0.4, -0.2) is 20.7 Å². The van der Waals surface area contributed by atoms with Gasteiger partial charge in [-0.15, -0.1) is 0 Å². The van der Waals surface area contributed by atoms with Crippen molar-refractivity contribution in [2.45, 2.75) is 58.5 Å². The summed E-state index contributed by atoms with van der Waals surface area (Å²) in [5, 5.41) is 5.50. The molecule has 0 saturated carbocycles. The van der Waals surface area contributed by atoms with Crippen LogP contribution >= 0.6 is 0 Å². The van der Waals surface area contributed by atoms with Gasteiger partial charge in [0.2, 0.25) is 0 Å². The van der Waals surface area contributed by atoms with Crippen LogP contribution < -0.4 is 15.3 Å². The molecule has 1 aromatic heterocycles. The van der Waals surface area contributed by atoms with Gasteiger partial charge < -0.3 is 9.47 Å². The summed E-state index contributed by atoms with van der Waals surface area (Å²) in [6.07, 6.45) is 0. The zero-order valence-electron chi connectivity index (χ0n) is 36.7. The van der Waals surface area contributed by atoms with Crippen LogP contribution in [0, 0.1) is 0 Å². The minimum absolute atomic E-state index is 0.0947. The first-order valence-electron chi connectivity index (χ1n) is 21.8. The lowest BCUT2D eigenvalue weighted by Crippen LogP contribution is -2.37. The highest BCUT2D eigenvalue weighted by atomic mass is 28.3. The summed E-state index contributed by atoms with van der Waals surface area (Å²) in [5.41, 5.74) is 17.3. The summed E-state index contributed by atoms with van der Waals surface area (Å²) in [7, 11) is -2.77. The molecule has 0 saturated heterocycles. The minimum Gasteiger partial charge on any atom is -0.310 e. The van der Waals surface area contributed by atoms with Crippen molar-refractivity contribution in [3.05, 3.63) is 193 Å². The predicted octanol–water partition coefficient (Wildman–Crippen LogP) is 15.0. The number of fused-ring (bicyclic) bond motifs is 6. The SMILES string of the molecule is CC1(C)c2ccccc2-c2ccc(N(c3ccc(-c4ccc([Si](C)(C)C)cc4)cc3)c3ccc(-c4ccc5c(c4)c4ccccc4n5-c4ccc([Si](C)(C)C)cc4)cc3)cc21. The van der Waals surface area contributed by atoms with Gasteiger partial charge in [-0.25, -0.2) is 0 Å². The molecule has 0 unspecified atom stereocenters. The summed E-state index contributed by atoms with van der Waals surface area (Å²) in [4.78, 5) is 2.42. The van der Waals surface area contributed by atoms with E-state index in [1.807, 2.05) is 0 Å². The van der Waals surface area contributed by atoms with Crippen molar-refractivity contribution in [1.29, 1.82) is 0 Å². The van der Waals surface area contributed by atoms with Crippen molar-refractivity contribution < 1.29 is 0 Å². The van der Waals surface area contributed by atoms with Gasteiger partial charge in [0.25, 0.3) is 0 Å². The van der Waals surface area contributed by atoms with Gasteiger partial charge in [0.1, 0.15) is 0 Å². The Balaban J connectivity index is 1.04. The van der Waals surface area contributed by atoms with Gasteiger partial charge in [-0.1, -0.05) is 179 Å². The van der Waals surface area contributed by atoms with Crippen molar-refractivity contribution in [3.8, 4) is 39.1 Å². The van der Waals surface area contributed by atoms with Crippen molar-refractivity contribution in [1.82, 2.24) is 4.57 Å². The fourth-order valence-corrected chi connectivity index (χ4v) is 11.9. The van der Waals surface area contributed by atoms with Gasteiger partial charge >= 0.3 is 0 Å². The predicted molar refractivity (Wildman–Crippen MR) is 270 cm³/mol. The third-order valence-corrected chi connectivity index (χ3v) is 17.3. The molecule has 2 nitrogen and oxygen atoms in total. The molecule has 61 heavy (non-hydrogen) atoms. The van der Waals surface area contributed by atoms with E-state index in [1.54, 1.807) is 0 Å². The average Bonchev–Trinajstić information content (AvgIpc) is 3.71. The van der Waals surface area contributed by atoms with Crippen LogP contribution in [0.5, 0.6) is 0 Å². The highest BCUT2D eigenvalue weighted by Crippen LogP contribution is 2.50. The van der Waals surface area contributed by atoms with Gasteiger partial charge in [-0.2, -0.15) is 0 Å². The van der Waals surface area contributed by atoms with Crippen LogP contribution in [0.15, 0.2) is 182 Å². The molecule has 4 heteroatoms. The molecule has 9 aromatic rings. The molecular formula is C57H54N2Si2. The second kappa shape index (κ2) is 14.5. The van der Waals surface area contributed by atoms with Crippen LogP contribution in [0.2, 0.25) is 39.3 Å². The smallest absolute Gasteiger partial charge is 0.0775 e. The Morgan fingerprint density at radius 1 is 0.393 bits per heavy atom. The van der Waals surface area contributed by atoms with E-state index < -0.39 is 16.1 Å². The first-order valence-corrected chi connectivity index (χ1v) is 28.8. The van der Waals surface area contributed by atoms with E-state index in [0.29, 0.717) is 0 Å². The number of para-hydroxylation sites is 1. The van der Waals surface area contributed by atoms with Crippen LogP contribution in [-0.2, 0) is 5.41 Å². The van der Waals surface area contributed by atoms with E-state index in [4.69, 9.17) is 0 Å². The maximum absolute atomic E-state index is 2.43. The number of benzene rings is 8. The van der Waals surface area contributed by atoms with Crippen molar-refractivity contribution in [3.63, 3.8) is 0 Å². The third-order valence-electron chi connectivity index (χ3n) is 13.2. The van der Waals surface area contributed by atoms with Gasteiger partial charge in [0.15, 0.2) is 0 Å². The number of hydrogen-bond donors (Lipinski definition) is 0. The molecule has 0 radical (unpaired) electrons. The summed E-state index contributed by atoms with van der Waals surface area (Å²) < 4.78 is 2.42. The molecule has 10 rings (SSSR count). The van der Waals surface area contributed by atoms with Crippen molar-refractivity contribution in [2.75, 3.05) is 4.90 Å². The van der Waals surface area contributed by atoms with E-state index in [9.17, 15) is 0 Å². The molecule has 1 aliphatic carbocycles. The standard InChI is InChI=1S/C57H54N2Si2/c1-57(2)53-15-11-9-13-49(53)50-35-30-46(38-54(50)57)58(43-24-17-39(18-25-43)40-21-31-47(32-22-40)60(3,4)5)44-26-19-41(20-27-44)42-23-36-56-52(37-42)51-14-10-12-16-55(51)59(56)45-28-33-48(34-29-45)61(6,7)8/h9-38H,1-8H3. The molecule has 0 atom stereocenters. The Hall–Kier alpha value is -6.21. The monoisotopic (exact) mass is 822 g/mol. The molecule has 0 amide bonds. The fraction of sp³-hybridized carbons (Fsp3) is 0.158. The fourth-order valence-electron chi connectivity index (χ4n) is 9.59. The molecule has 0 spiro atoms. The summed E-state index contributed by atoms with van der Waals surface area (Å²) in [6.45, 7) is 19.2. The van der Waals surface area contributed by atoms with E-state index in [-0.39, 0.29) is 5.41 Å². The Bertz CT molecular complexity index is 3090. The first-order chi connectivity index (χ1) is 29.3. The van der Waals surface area contributed by atoms with Crippen LogP contribution in [0.3, 0.4) is 0 Å². The van der Waals surface area contributed by atoms with Crippen molar-refractivity contribution in [2.24, 2.45) is 0 Å². The zero-order valence-corrected chi connectivity index (χ0v) is 38.7. The highest BCUT2D eigenvalue weighted by molar-refractivity contribution is 6.89. The van der Waals surface area contributed by atoms with E-state index in [1.165, 1.54) is 82.4 Å².